The Hall–Kier alpha value is -1.35. The van der Waals surface area contributed by atoms with Crippen LogP contribution in [0.3, 0.4) is 0 Å². The number of quaternary nitrogens is 1. The van der Waals surface area contributed by atoms with Gasteiger partial charge in [0.1, 0.15) is 11.6 Å². The van der Waals surface area contributed by atoms with Crippen LogP contribution in [-0.4, -0.2) is 53.3 Å². The summed E-state index contributed by atoms with van der Waals surface area (Å²) in [7, 11) is 2.41. The molecule has 3 fully saturated rings. The van der Waals surface area contributed by atoms with Crippen LogP contribution >= 0.6 is 11.6 Å². The second-order valence-electron chi connectivity index (χ2n) is 11.5. The Kier molecular flexibility index (Phi) is 5.54. The number of halogens is 2. The number of ether oxygens (including phenoxy) is 2. The van der Waals surface area contributed by atoms with Crippen LogP contribution in [0, 0.1) is 5.92 Å². The molecule has 2 saturated carbocycles. The Morgan fingerprint density at radius 2 is 1.94 bits per heavy atom. The maximum Gasteiger partial charge on any atom is 0.174 e. The van der Waals surface area contributed by atoms with E-state index in [1.807, 2.05) is 24.3 Å². The van der Waals surface area contributed by atoms with E-state index in [0.29, 0.717) is 30.2 Å². The number of nitrogens with zero attached hydrogens (tertiary/aromatic N) is 1. The summed E-state index contributed by atoms with van der Waals surface area (Å²) in [6, 6.07) is 11.9. The molecule has 7 rings (SSSR count). The van der Waals surface area contributed by atoms with Gasteiger partial charge >= 0.3 is 0 Å². The summed E-state index contributed by atoms with van der Waals surface area (Å²) in [6.45, 7) is 2.66. The molecule has 1 spiro atoms. The predicted molar refractivity (Wildman–Crippen MR) is 128 cm³/mol. The summed E-state index contributed by atoms with van der Waals surface area (Å²) in [6.07, 6.45) is 4.96. The van der Waals surface area contributed by atoms with E-state index in [4.69, 9.17) is 21.1 Å². The van der Waals surface area contributed by atoms with Crippen molar-refractivity contribution >= 4 is 17.4 Å². The first-order chi connectivity index (χ1) is 16.4. The number of phenolic OH excluding ortho intramolecular Hbond substituents is 1. The fourth-order valence-electron chi connectivity index (χ4n) is 7.99. The van der Waals surface area contributed by atoms with Crippen LogP contribution < -0.4 is 28.7 Å². The van der Waals surface area contributed by atoms with E-state index in [1.165, 1.54) is 24.9 Å². The molecule has 7 heteroatoms. The van der Waals surface area contributed by atoms with E-state index in [2.05, 4.69) is 13.1 Å². The number of ketones is 1. The van der Waals surface area contributed by atoms with Gasteiger partial charge in [-0.25, -0.2) is 0 Å². The summed E-state index contributed by atoms with van der Waals surface area (Å²) < 4.78 is 14.5. The summed E-state index contributed by atoms with van der Waals surface area (Å²) in [5.41, 5.74) is 2.30. The number of benzene rings is 2. The molecular formula is C28H31ClINO4. The number of aromatic hydroxyl groups is 1. The number of carbonyl (C=O) groups excluding carboxylic acids is 1. The highest BCUT2D eigenvalue weighted by Gasteiger charge is 2.77. The Labute approximate surface area is 228 Å². The van der Waals surface area contributed by atoms with Gasteiger partial charge in [-0.3, -0.25) is 4.79 Å². The van der Waals surface area contributed by atoms with Gasteiger partial charge in [-0.2, -0.15) is 0 Å². The molecule has 1 saturated heterocycles. The van der Waals surface area contributed by atoms with E-state index in [9.17, 15) is 9.90 Å². The first-order valence-corrected chi connectivity index (χ1v) is 13.0. The van der Waals surface area contributed by atoms with Crippen molar-refractivity contribution in [2.45, 2.75) is 68.3 Å². The maximum absolute atomic E-state index is 13.4. The number of piperidine rings is 1. The molecule has 0 amide bonds. The number of Topliss-reactive ketones (excluding diaryl/α,β-unsaturated/α-hetero) is 1. The number of phenols is 1. The van der Waals surface area contributed by atoms with Gasteiger partial charge in [0.25, 0.3) is 0 Å². The summed E-state index contributed by atoms with van der Waals surface area (Å²) >= 11 is 6.13. The average molecular weight is 608 g/mol. The highest BCUT2D eigenvalue weighted by Crippen LogP contribution is 2.67. The summed E-state index contributed by atoms with van der Waals surface area (Å²) in [5.74, 6) is 1.60. The van der Waals surface area contributed by atoms with Crippen LogP contribution in [0.4, 0.5) is 0 Å². The number of likely N-dealkylation sites (N-methyl/N-ethyl adjacent to an activating group) is 1. The fraction of sp³-hybridized carbons (Fsp3) is 0.536. The third-order valence-corrected chi connectivity index (χ3v) is 9.90. The molecule has 3 unspecified atom stereocenters. The van der Waals surface area contributed by atoms with Gasteiger partial charge in [0.2, 0.25) is 0 Å². The lowest BCUT2D eigenvalue weighted by molar-refractivity contribution is -0.950. The van der Waals surface area contributed by atoms with Crippen molar-refractivity contribution in [3.63, 3.8) is 0 Å². The van der Waals surface area contributed by atoms with Gasteiger partial charge in [-0.05, 0) is 48.6 Å². The molecule has 2 aromatic carbocycles. The van der Waals surface area contributed by atoms with E-state index in [1.54, 1.807) is 6.07 Å². The average Bonchev–Trinajstić information content (AvgIpc) is 3.55. The van der Waals surface area contributed by atoms with Gasteiger partial charge in [0.05, 0.1) is 32.2 Å². The minimum Gasteiger partial charge on any atom is -1.00 e. The van der Waals surface area contributed by atoms with Gasteiger partial charge in [-0.1, -0.05) is 29.8 Å². The zero-order chi connectivity index (χ0) is 23.3. The van der Waals surface area contributed by atoms with Crippen molar-refractivity contribution in [1.82, 2.24) is 0 Å². The minimum atomic E-state index is -0.578. The number of rotatable bonds is 5. The minimum absolute atomic E-state index is 0. The molecule has 2 aromatic rings. The lowest BCUT2D eigenvalue weighted by atomic mass is 9.48. The summed E-state index contributed by atoms with van der Waals surface area (Å²) in [4.78, 5) is 13.4. The quantitative estimate of drug-likeness (QED) is 0.414. The van der Waals surface area contributed by atoms with Gasteiger partial charge < -0.3 is 43.0 Å². The molecule has 186 valence electrons. The third kappa shape index (κ3) is 3.22. The molecular weight excluding hydrogens is 577 g/mol. The largest absolute Gasteiger partial charge is 1.00 e. The SMILES string of the molecule is C[N@+]1(CC2CC2)CC[C@]23c4c5ccc(O)c4OC2C(=O)CCC3(OCc2ccc(Cl)cc2)C1C5.[I-]. The molecule has 0 radical (unpaired) electrons. The van der Waals surface area contributed by atoms with Crippen LogP contribution in [0.25, 0.3) is 0 Å². The van der Waals surface area contributed by atoms with E-state index in [-0.39, 0.29) is 41.6 Å². The van der Waals surface area contributed by atoms with Crippen LogP contribution in [-0.2, 0) is 28.0 Å². The van der Waals surface area contributed by atoms with E-state index < -0.39 is 17.1 Å². The van der Waals surface area contributed by atoms with Crippen LogP contribution in [0.5, 0.6) is 11.5 Å². The van der Waals surface area contributed by atoms with Gasteiger partial charge in [0.15, 0.2) is 23.4 Å². The number of carbonyl (C=O) groups is 1. The van der Waals surface area contributed by atoms with Crippen molar-refractivity contribution < 1.29 is 47.8 Å². The first-order valence-electron chi connectivity index (χ1n) is 12.6. The number of likely N-dealkylation sites (tertiary alicyclic amines) is 1. The van der Waals surface area contributed by atoms with Gasteiger partial charge in [0, 0.05) is 35.8 Å². The van der Waals surface area contributed by atoms with Crippen molar-refractivity contribution in [3.8, 4) is 11.5 Å². The highest BCUT2D eigenvalue weighted by molar-refractivity contribution is 6.30. The van der Waals surface area contributed by atoms with Crippen molar-refractivity contribution in [2.75, 3.05) is 20.1 Å². The van der Waals surface area contributed by atoms with Crippen molar-refractivity contribution in [1.29, 1.82) is 0 Å². The Balaban J connectivity index is 0.00000229. The molecule has 2 bridgehead atoms. The molecule has 5 aliphatic rings. The molecule has 35 heavy (non-hydrogen) atoms. The molecule has 2 heterocycles. The molecule has 5 atom stereocenters. The summed E-state index contributed by atoms with van der Waals surface area (Å²) in [5, 5.41) is 11.5. The van der Waals surface area contributed by atoms with Crippen molar-refractivity contribution in [2.24, 2.45) is 5.92 Å². The van der Waals surface area contributed by atoms with E-state index >= 15 is 0 Å². The second kappa shape index (κ2) is 8.07. The monoisotopic (exact) mass is 607 g/mol. The third-order valence-electron chi connectivity index (χ3n) is 9.65. The smallest absolute Gasteiger partial charge is 0.174 e. The molecule has 1 N–H and O–H groups in total. The standard InChI is InChI=1S/C28H30ClNO4.HI/c1-30(15-17-2-3-17)13-12-27-24-19-6-9-21(31)25(24)34-26(27)22(32)10-11-28(27,23(30)14-19)33-16-18-4-7-20(29)8-5-18;/h4-9,17,23,26H,2-3,10-16H2,1H3;1H/t23?,26?,27-,28?,30+;/m0./s1. The second-order valence-corrected chi connectivity index (χ2v) is 11.9. The predicted octanol–water partition coefficient (Wildman–Crippen LogP) is 1.55. The van der Waals surface area contributed by atoms with Crippen molar-refractivity contribution in [3.05, 3.63) is 58.1 Å². The molecule has 3 aliphatic carbocycles. The Bertz CT molecular complexity index is 1200. The maximum atomic E-state index is 13.4. The normalized spacial score (nSPS) is 36.2. The Morgan fingerprint density at radius 3 is 2.69 bits per heavy atom. The van der Waals surface area contributed by atoms with E-state index in [0.717, 1.165) is 40.9 Å². The fourth-order valence-corrected chi connectivity index (χ4v) is 8.12. The lowest BCUT2D eigenvalue weighted by Gasteiger charge is -2.66. The molecule has 2 aliphatic heterocycles. The molecule has 5 nitrogen and oxygen atoms in total. The highest BCUT2D eigenvalue weighted by atomic mass is 127. The van der Waals surface area contributed by atoms with Crippen LogP contribution in [0.15, 0.2) is 36.4 Å². The topological polar surface area (TPSA) is 55.8 Å². The van der Waals surface area contributed by atoms with Gasteiger partial charge in [-0.15, -0.1) is 0 Å². The number of hydrogen-bond acceptors (Lipinski definition) is 4. The first kappa shape index (κ1) is 24.0. The molecule has 0 aromatic heterocycles. The zero-order valence-electron chi connectivity index (χ0n) is 19.9. The zero-order valence-corrected chi connectivity index (χ0v) is 22.8. The Morgan fingerprint density at radius 1 is 1.17 bits per heavy atom. The number of hydrogen-bond donors (Lipinski definition) is 1. The van der Waals surface area contributed by atoms with Crippen LogP contribution in [0.1, 0.15) is 48.8 Å². The lowest BCUT2D eigenvalue weighted by Crippen LogP contribution is -3.00. The van der Waals surface area contributed by atoms with Crippen LogP contribution in [0.2, 0.25) is 5.02 Å².